The Bertz CT molecular complexity index is 418. The first-order chi connectivity index (χ1) is 8.06. The average Bonchev–Trinajstić information content (AvgIpc) is 2.30. The van der Waals surface area contributed by atoms with E-state index in [-0.39, 0.29) is 18.9 Å². The van der Waals surface area contributed by atoms with E-state index < -0.39 is 5.97 Å². The van der Waals surface area contributed by atoms with E-state index in [1.165, 1.54) is 4.90 Å². The van der Waals surface area contributed by atoms with Crippen molar-refractivity contribution < 1.29 is 14.7 Å². The van der Waals surface area contributed by atoms with Crippen LogP contribution in [0.15, 0.2) is 24.3 Å². The van der Waals surface area contributed by atoms with Crippen LogP contribution in [0.3, 0.4) is 0 Å². The van der Waals surface area contributed by atoms with E-state index in [0.29, 0.717) is 17.8 Å². The average molecular weight is 236 g/mol. The number of nitrogen functional groups attached to an aromatic ring is 1. The molecule has 17 heavy (non-hydrogen) atoms. The summed E-state index contributed by atoms with van der Waals surface area (Å²) < 4.78 is 0. The molecule has 0 saturated heterocycles. The van der Waals surface area contributed by atoms with Crippen LogP contribution < -0.4 is 10.6 Å². The Morgan fingerprint density at radius 1 is 1.35 bits per heavy atom. The first kappa shape index (κ1) is 13.0. The van der Waals surface area contributed by atoms with Gasteiger partial charge in [-0.1, -0.05) is 19.1 Å². The summed E-state index contributed by atoms with van der Waals surface area (Å²) >= 11 is 0. The van der Waals surface area contributed by atoms with E-state index in [1.807, 2.05) is 0 Å². The van der Waals surface area contributed by atoms with E-state index >= 15 is 0 Å². The third-order valence-electron chi connectivity index (χ3n) is 2.38. The van der Waals surface area contributed by atoms with Crippen molar-refractivity contribution in [3.05, 3.63) is 24.3 Å². The number of carboxylic acids is 1. The van der Waals surface area contributed by atoms with E-state index in [0.717, 1.165) is 0 Å². The fraction of sp³-hybridized carbons (Fsp3) is 0.333. The Kier molecular flexibility index (Phi) is 4.51. The molecule has 0 heterocycles. The van der Waals surface area contributed by atoms with Crippen LogP contribution in [0.1, 0.15) is 19.8 Å². The van der Waals surface area contributed by atoms with Gasteiger partial charge >= 0.3 is 5.97 Å². The van der Waals surface area contributed by atoms with Gasteiger partial charge < -0.3 is 15.7 Å². The van der Waals surface area contributed by atoms with Gasteiger partial charge in [0.15, 0.2) is 0 Å². The molecule has 0 radical (unpaired) electrons. The van der Waals surface area contributed by atoms with Crippen LogP contribution in [0.25, 0.3) is 0 Å². The minimum atomic E-state index is -0.937. The Morgan fingerprint density at radius 3 is 2.53 bits per heavy atom. The standard InChI is InChI=1S/C12H16N2O3/c1-2-11(15)14(8-7-12(16)17)10-6-4-3-5-9(10)13/h3-6H,2,7-8,13H2,1H3,(H,16,17). The number of amides is 1. The minimum absolute atomic E-state index is 0.0971. The maximum absolute atomic E-state index is 11.8. The number of para-hydroxylation sites is 2. The number of carbonyl (C=O) groups is 2. The molecular formula is C12H16N2O3. The number of carboxylic acid groups (broad SMARTS) is 1. The number of nitrogens with zero attached hydrogens (tertiary/aromatic N) is 1. The largest absolute Gasteiger partial charge is 0.481 e. The third-order valence-corrected chi connectivity index (χ3v) is 2.38. The fourth-order valence-corrected chi connectivity index (χ4v) is 1.51. The molecule has 5 heteroatoms. The smallest absolute Gasteiger partial charge is 0.305 e. The van der Waals surface area contributed by atoms with Crippen LogP contribution in [0, 0.1) is 0 Å². The highest BCUT2D eigenvalue weighted by molar-refractivity contribution is 5.96. The fourth-order valence-electron chi connectivity index (χ4n) is 1.51. The predicted molar refractivity (Wildman–Crippen MR) is 65.8 cm³/mol. The van der Waals surface area contributed by atoms with Crippen molar-refractivity contribution in [3.63, 3.8) is 0 Å². The second-order valence-electron chi connectivity index (χ2n) is 3.60. The van der Waals surface area contributed by atoms with Crippen LogP contribution in [0.5, 0.6) is 0 Å². The lowest BCUT2D eigenvalue weighted by Gasteiger charge is -2.23. The van der Waals surface area contributed by atoms with Gasteiger partial charge in [0.05, 0.1) is 17.8 Å². The predicted octanol–water partition coefficient (Wildman–Crippen LogP) is 1.49. The summed E-state index contributed by atoms with van der Waals surface area (Å²) in [6, 6.07) is 6.93. The van der Waals surface area contributed by atoms with Gasteiger partial charge in [-0.3, -0.25) is 9.59 Å². The molecule has 1 aromatic rings. The van der Waals surface area contributed by atoms with Crippen LogP contribution in [0.4, 0.5) is 11.4 Å². The molecule has 3 N–H and O–H groups in total. The van der Waals surface area contributed by atoms with Gasteiger partial charge in [0.2, 0.25) is 5.91 Å². The Labute approximate surface area is 99.8 Å². The molecule has 0 spiro atoms. The number of hydrogen-bond acceptors (Lipinski definition) is 3. The molecule has 0 saturated carbocycles. The normalized spacial score (nSPS) is 9.94. The van der Waals surface area contributed by atoms with Gasteiger partial charge in [-0.2, -0.15) is 0 Å². The first-order valence-electron chi connectivity index (χ1n) is 5.43. The highest BCUT2D eigenvalue weighted by atomic mass is 16.4. The maximum atomic E-state index is 11.8. The van der Waals surface area contributed by atoms with Gasteiger partial charge in [-0.15, -0.1) is 0 Å². The van der Waals surface area contributed by atoms with Crippen molar-refractivity contribution >= 4 is 23.3 Å². The Morgan fingerprint density at radius 2 is 2.00 bits per heavy atom. The number of anilines is 2. The molecule has 0 bridgehead atoms. The molecule has 0 atom stereocenters. The summed E-state index contributed by atoms with van der Waals surface area (Å²) in [5.41, 5.74) is 6.82. The van der Waals surface area contributed by atoms with Crippen molar-refractivity contribution in [1.82, 2.24) is 0 Å². The monoisotopic (exact) mass is 236 g/mol. The number of hydrogen-bond donors (Lipinski definition) is 2. The van der Waals surface area contributed by atoms with Crippen molar-refractivity contribution in [2.24, 2.45) is 0 Å². The van der Waals surface area contributed by atoms with Gasteiger partial charge in [-0.25, -0.2) is 0 Å². The van der Waals surface area contributed by atoms with Gasteiger partial charge in [-0.05, 0) is 12.1 Å². The molecule has 0 aliphatic heterocycles. The van der Waals surface area contributed by atoms with Crippen molar-refractivity contribution in [3.8, 4) is 0 Å². The number of aliphatic carboxylic acids is 1. The molecule has 1 aromatic carbocycles. The zero-order chi connectivity index (χ0) is 12.8. The highest BCUT2D eigenvalue weighted by Gasteiger charge is 2.16. The van der Waals surface area contributed by atoms with E-state index in [4.69, 9.17) is 10.8 Å². The third kappa shape index (κ3) is 3.48. The highest BCUT2D eigenvalue weighted by Crippen LogP contribution is 2.23. The minimum Gasteiger partial charge on any atom is -0.481 e. The SMILES string of the molecule is CCC(=O)N(CCC(=O)O)c1ccccc1N. The Balaban J connectivity index is 2.94. The molecule has 1 amide bonds. The lowest BCUT2D eigenvalue weighted by molar-refractivity contribution is -0.136. The summed E-state index contributed by atoms with van der Waals surface area (Å²) in [7, 11) is 0. The molecule has 0 aliphatic carbocycles. The van der Waals surface area contributed by atoms with E-state index in [1.54, 1.807) is 31.2 Å². The summed E-state index contributed by atoms with van der Waals surface area (Å²) in [5, 5.41) is 8.66. The van der Waals surface area contributed by atoms with Crippen molar-refractivity contribution in [2.45, 2.75) is 19.8 Å². The van der Waals surface area contributed by atoms with Crippen LogP contribution in [-0.2, 0) is 9.59 Å². The molecule has 0 aromatic heterocycles. The van der Waals surface area contributed by atoms with Crippen molar-refractivity contribution in [1.29, 1.82) is 0 Å². The second-order valence-corrected chi connectivity index (χ2v) is 3.60. The van der Waals surface area contributed by atoms with Crippen LogP contribution >= 0.6 is 0 Å². The lowest BCUT2D eigenvalue weighted by Crippen LogP contribution is -2.32. The molecule has 0 unspecified atom stereocenters. The van der Waals surface area contributed by atoms with Gasteiger partial charge in [0, 0.05) is 13.0 Å². The van der Waals surface area contributed by atoms with E-state index in [2.05, 4.69) is 0 Å². The van der Waals surface area contributed by atoms with Crippen LogP contribution in [0.2, 0.25) is 0 Å². The number of rotatable bonds is 5. The molecule has 92 valence electrons. The Hall–Kier alpha value is -2.04. The molecule has 1 rings (SSSR count). The van der Waals surface area contributed by atoms with Crippen LogP contribution in [-0.4, -0.2) is 23.5 Å². The number of benzene rings is 1. The zero-order valence-corrected chi connectivity index (χ0v) is 9.72. The molecular weight excluding hydrogens is 220 g/mol. The van der Waals surface area contributed by atoms with Gasteiger partial charge in [0.1, 0.15) is 0 Å². The van der Waals surface area contributed by atoms with Crippen molar-refractivity contribution in [2.75, 3.05) is 17.2 Å². The number of carbonyl (C=O) groups excluding carboxylic acids is 1. The number of nitrogens with two attached hydrogens (primary N) is 1. The lowest BCUT2D eigenvalue weighted by atomic mass is 10.2. The zero-order valence-electron chi connectivity index (χ0n) is 9.72. The molecule has 5 nitrogen and oxygen atoms in total. The summed E-state index contributed by atoms with van der Waals surface area (Å²) in [4.78, 5) is 23.7. The maximum Gasteiger partial charge on any atom is 0.305 e. The summed E-state index contributed by atoms with van der Waals surface area (Å²) in [5.74, 6) is -1.07. The molecule has 0 fully saturated rings. The van der Waals surface area contributed by atoms with Gasteiger partial charge in [0.25, 0.3) is 0 Å². The molecule has 0 aliphatic rings. The summed E-state index contributed by atoms with van der Waals surface area (Å²) in [6.45, 7) is 1.87. The topological polar surface area (TPSA) is 83.6 Å². The quantitative estimate of drug-likeness (QED) is 0.758. The second kappa shape index (κ2) is 5.89. The van der Waals surface area contributed by atoms with E-state index in [9.17, 15) is 9.59 Å². The first-order valence-corrected chi connectivity index (χ1v) is 5.43. The summed E-state index contributed by atoms with van der Waals surface area (Å²) in [6.07, 6.45) is 0.216.